The number of aromatic nitrogens is 3. The van der Waals surface area contributed by atoms with Crippen LogP contribution >= 0.6 is 0 Å². The first-order chi connectivity index (χ1) is 8.13. The molecule has 1 N–H and O–H groups in total. The van der Waals surface area contributed by atoms with E-state index in [0.29, 0.717) is 6.04 Å². The zero-order chi connectivity index (χ0) is 12.7. The van der Waals surface area contributed by atoms with Gasteiger partial charge in [0.15, 0.2) is 0 Å². The van der Waals surface area contributed by atoms with Gasteiger partial charge in [-0.05, 0) is 40.0 Å². The van der Waals surface area contributed by atoms with Crippen LogP contribution in [0.1, 0.15) is 25.6 Å². The minimum Gasteiger partial charge on any atom is -0.313 e. The van der Waals surface area contributed by atoms with Crippen LogP contribution in [0.4, 0.5) is 0 Å². The molecule has 0 fully saturated rings. The zero-order valence-electron chi connectivity index (χ0n) is 11.5. The van der Waals surface area contributed by atoms with E-state index in [1.54, 1.807) is 6.33 Å². The van der Waals surface area contributed by atoms with Crippen molar-refractivity contribution in [3.05, 3.63) is 12.2 Å². The van der Waals surface area contributed by atoms with Gasteiger partial charge < -0.3 is 10.2 Å². The molecule has 1 aromatic rings. The summed E-state index contributed by atoms with van der Waals surface area (Å²) in [7, 11) is 6.17. The van der Waals surface area contributed by atoms with Crippen molar-refractivity contribution in [3.8, 4) is 0 Å². The molecule has 0 aliphatic heterocycles. The van der Waals surface area contributed by atoms with Gasteiger partial charge in [0.25, 0.3) is 0 Å². The molecular formula is C12H25N5. The van der Waals surface area contributed by atoms with Crippen molar-refractivity contribution >= 4 is 0 Å². The molecule has 98 valence electrons. The first kappa shape index (κ1) is 14.1. The fourth-order valence-corrected chi connectivity index (χ4v) is 1.76. The molecule has 0 aromatic carbocycles. The van der Waals surface area contributed by atoms with Crippen LogP contribution in [0.2, 0.25) is 0 Å². The van der Waals surface area contributed by atoms with E-state index in [2.05, 4.69) is 41.3 Å². The predicted molar refractivity (Wildman–Crippen MR) is 70.0 cm³/mol. The maximum Gasteiger partial charge on any atom is 0.138 e. The first-order valence-electron chi connectivity index (χ1n) is 6.34. The number of aryl methyl sites for hydroxylation is 1. The summed E-state index contributed by atoms with van der Waals surface area (Å²) in [4.78, 5) is 6.51. The van der Waals surface area contributed by atoms with Crippen molar-refractivity contribution in [1.29, 1.82) is 0 Å². The van der Waals surface area contributed by atoms with E-state index < -0.39 is 0 Å². The Balaban J connectivity index is 2.47. The molecule has 0 radical (unpaired) electrons. The molecule has 5 nitrogen and oxygen atoms in total. The molecule has 1 atom stereocenters. The highest BCUT2D eigenvalue weighted by Crippen LogP contribution is 2.03. The lowest BCUT2D eigenvalue weighted by molar-refractivity contribution is 0.352. The van der Waals surface area contributed by atoms with Crippen LogP contribution < -0.4 is 5.32 Å². The molecule has 0 aliphatic carbocycles. The number of hydrogen-bond acceptors (Lipinski definition) is 4. The van der Waals surface area contributed by atoms with Crippen LogP contribution in [-0.4, -0.2) is 52.9 Å². The number of rotatable bonds is 8. The van der Waals surface area contributed by atoms with E-state index in [4.69, 9.17) is 0 Å². The second-order valence-electron chi connectivity index (χ2n) is 4.75. The number of nitrogens with zero attached hydrogens (tertiary/aromatic N) is 4. The number of hydrogen-bond donors (Lipinski definition) is 1. The monoisotopic (exact) mass is 239 g/mol. The SMILES string of the molecule is CCCNC(CCN(C)C)Cc1ncnn1C. The molecule has 17 heavy (non-hydrogen) atoms. The highest BCUT2D eigenvalue weighted by Gasteiger charge is 2.12. The Morgan fingerprint density at radius 3 is 2.76 bits per heavy atom. The molecule has 0 aliphatic rings. The average molecular weight is 239 g/mol. The van der Waals surface area contributed by atoms with Crippen LogP contribution in [0.25, 0.3) is 0 Å². The van der Waals surface area contributed by atoms with Crippen LogP contribution in [0, 0.1) is 0 Å². The molecule has 1 unspecified atom stereocenters. The highest BCUT2D eigenvalue weighted by molar-refractivity contribution is 4.89. The largest absolute Gasteiger partial charge is 0.313 e. The zero-order valence-corrected chi connectivity index (χ0v) is 11.5. The van der Waals surface area contributed by atoms with Crippen molar-refractivity contribution in [2.75, 3.05) is 27.2 Å². The lowest BCUT2D eigenvalue weighted by Gasteiger charge is -2.20. The van der Waals surface area contributed by atoms with Crippen molar-refractivity contribution in [1.82, 2.24) is 25.0 Å². The minimum absolute atomic E-state index is 0.486. The summed E-state index contributed by atoms with van der Waals surface area (Å²) >= 11 is 0. The van der Waals surface area contributed by atoms with Crippen molar-refractivity contribution in [2.24, 2.45) is 7.05 Å². The van der Waals surface area contributed by atoms with Gasteiger partial charge in [-0.1, -0.05) is 6.92 Å². The second-order valence-corrected chi connectivity index (χ2v) is 4.75. The topological polar surface area (TPSA) is 46.0 Å². The van der Waals surface area contributed by atoms with Gasteiger partial charge in [-0.25, -0.2) is 4.98 Å². The minimum atomic E-state index is 0.486. The highest BCUT2D eigenvalue weighted by atomic mass is 15.3. The lowest BCUT2D eigenvalue weighted by atomic mass is 10.1. The summed E-state index contributed by atoms with van der Waals surface area (Å²) in [6, 6.07) is 0.486. The fourth-order valence-electron chi connectivity index (χ4n) is 1.76. The van der Waals surface area contributed by atoms with E-state index in [9.17, 15) is 0 Å². The molecule has 0 saturated carbocycles. The first-order valence-corrected chi connectivity index (χ1v) is 6.34. The molecule has 5 heteroatoms. The summed E-state index contributed by atoms with van der Waals surface area (Å²) in [6.07, 6.45) is 4.87. The van der Waals surface area contributed by atoms with Gasteiger partial charge in [-0.15, -0.1) is 0 Å². The van der Waals surface area contributed by atoms with E-state index in [0.717, 1.165) is 38.2 Å². The second kappa shape index (κ2) is 7.40. The normalized spacial score (nSPS) is 13.2. The van der Waals surface area contributed by atoms with E-state index >= 15 is 0 Å². The summed E-state index contributed by atoms with van der Waals surface area (Å²) in [5, 5.41) is 7.70. The van der Waals surface area contributed by atoms with Crippen molar-refractivity contribution < 1.29 is 0 Å². The van der Waals surface area contributed by atoms with Crippen LogP contribution in [0.5, 0.6) is 0 Å². The molecule has 1 aromatic heterocycles. The predicted octanol–water partition coefficient (Wildman–Crippen LogP) is 0.677. The molecule has 1 heterocycles. The quantitative estimate of drug-likeness (QED) is 0.724. The summed E-state index contributed by atoms with van der Waals surface area (Å²) in [6.45, 7) is 4.35. The van der Waals surface area contributed by atoms with E-state index in [1.807, 2.05) is 11.7 Å². The smallest absolute Gasteiger partial charge is 0.138 e. The van der Waals surface area contributed by atoms with Gasteiger partial charge in [0, 0.05) is 19.5 Å². The Hall–Kier alpha value is -0.940. The fraction of sp³-hybridized carbons (Fsp3) is 0.833. The third kappa shape index (κ3) is 5.28. The van der Waals surface area contributed by atoms with Gasteiger partial charge >= 0.3 is 0 Å². The Morgan fingerprint density at radius 1 is 1.47 bits per heavy atom. The molecule has 0 saturated heterocycles. The van der Waals surface area contributed by atoms with Crippen LogP contribution in [-0.2, 0) is 13.5 Å². The van der Waals surface area contributed by atoms with Gasteiger partial charge in [0.05, 0.1) is 0 Å². The Bertz CT molecular complexity index is 308. The standard InChI is InChI=1S/C12H25N5/c1-5-7-13-11(6-8-16(2)3)9-12-14-10-15-17(12)4/h10-11,13H,5-9H2,1-4H3. The van der Waals surface area contributed by atoms with E-state index in [1.165, 1.54) is 0 Å². The third-order valence-corrected chi connectivity index (χ3v) is 2.84. The average Bonchev–Trinajstić information content (AvgIpc) is 2.68. The Morgan fingerprint density at radius 2 is 2.24 bits per heavy atom. The molecule has 0 spiro atoms. The van der Waals surface area contributed by atoms with E-state index in [-0.39, 0.29) is 0 Å². The lowest BCUT2D eigenvalue weighted by Crippen LogP contribution is -2.35. The van der Waals surface area contributed by atoms with Gasteiger partial charge in [-0.2, -0.15) is 5.10 Å². The molecule has 0 amide bonds. The maximum absolute atomic E-state index is 4.29. The van der Waals surface area contributed by atoms with Crippen molar-refractivity contribution in [2.45, 2.75) is 32.2 Å². The van der Waals surface area contributed by atoms with Gasteiger partial charge in [-0.3, -0.25) is 4.68 Å². The van der Waals surface area contributed by atoms with Crippen molar-refractivity contribution in [3.63, 3.8) is 0 Å². The summed E-state index contributed by atoms with van der Waals surface area (Å²) in [5.41, 5.74) is 0. The number of nitrogens with one attached hydrogen (secondary N) is 1. The molecule has 1 rings (SSSR count). The summed E-state index contributed by atoms with van der Waals surface area (Å²) < 4.78 is 1.86. The van der Waals surface area contributed by atoms with Gasteiger partial charge in [0.2, 0.25) is 0 Å². The Labute approximate surface area is 104 Å². The molecule has 0 bridgehead atoms. The summed E-state index contributed by atoms with van der Waals surface area (Å²) in [5.74, 6) is 1.05. The van der Waals surface area contributed by atoms with Gasteiger partial charge in [0.1, 0.15) is 12.2 Å². The van der Waals surface area contributed by atoms with Crippen LogP contribution in [0.15, 0.2) is 6.33 Å². The van der Waals surface area contributed by atoms with Crippen LogP contribution in [0.3, 0.4) is 0 Å². The molecular weight excluding hydrogens is 214 g/mol. The third-order valence-electron chi connectivity index (χ3n) is 2.84. The maximum atomic E-state index is 4.29. The Kier molecular flexibility index (Phi) is 6.15.